The van der Waals surface area contributed by atoms with Gasteiger partial charge in [0.25, 0.3) is 5.91 Å². The minimum absolute atomic E-state index is 0. The minimum Gasteiger partial charge on any atom is -0.461 e. The number of nitrogens with one attached hydrogen (secondary N) is 1. The molecule has 1 saturated carbocycles. The summed E-state index contributed by atoms with van der Waals surface area (Å²) in [6.45, 7) is 4.00. The summed E-state index contributed by atoms with van der Waals surface area (Å²) in [6.07, 6.45) is 8.99. The van der Waals surface area contributed by atoms with Gasteiger partial charge in [-0.25, -0.2) is 0 Å². The first-order valence-corrected chi connectivity index (χ1v) is 8.53. The number of carbonyl (C=O) groups is 1. The molecule has 1 amide bonds. The second kappa shape index (κ2) is 9.46. The molecule has 0 radical (unpaired) electrons. The predicted molar refractivity (Wildman–Crippen MR) is 98.2 cm³/mol. The number of allylic oxidation sites excluding steroid dienone is 1. The highest BCUT2D eigenvalue weighted by Gasteiger charge is 2.16. The van der Waals surface area contributed by atoms with Crippen LogP contribution in [-0.2, 0) is 0 Å². The van der Waals surface area contributed by atoms with Crippen LogP contribution in [-0.4, -0.2) is 23.3 Å². The third-order valence-corrected chi connectivity index (χ3v) is 3.69. The predicted octanol–water partition coefficient (Wildman–Crippen LogP) is 3.75. The zero-order valence-corrected chi connectivity index (χ0v) is 14.6. The number of carbonyl (C=O) groups excluding carboxylic acids is 1. The van der Waals surface area contributed by atoms with E-state index in [2.05, 4.69) is 15.5 Å². The van der Waals surface area contributed by atoms with Crippen LogP contribution in [0.3, 0.4) is 0 Å². The average Bonchev–Trinajstić information content (AvgIpc) is 3.41. The van der Waals surface area contributed by atoms with Crippen molar-refractivity contribution in [2.24, 2.45) is 10.7 Å². The molecule has 7 nitrogen and oxygen atoms in total. The van der Waals surface area contributed by atoms with Crippen LogP contribution in [0.4, 0.5) is 0 Å². The van der Waals surface area contributed by atoms with Crippen LogP contribution < -0.4 is 11.1 Å². The Kier molecular flexibility index (Phi) is 7.00. The second-order valence-corrected chi connectivity index (χ2v) is 5.35. The number of aromatic nitrogens is 1. The first-order chi connectivity index (χ1) is 12.3. The van der Waals surface area contributed by atoms with Crippen LogP contribution in [0.2, 0.25) is 0 Å². The lowest BCUT2D eigenvalue weighted by molar-refractivity contribution is 0.0959. The zero-order chi connectivity index (χ0) is 18.1. The van der Waals surface area contributed by atoms with Crippen molar-refractivity contribution in [3.05, 3.63) is 42.1 Å². The molecule has 0 unspecified atom stereocenters. The van der Waals surface area contributed by atoms with Gasteiger partial charge in [-0.3, -0.25) is 9.79 Å². The van der Waals surface area contributed by atoms with E-state index in [0.29, 0.717) is 23.3 Å². The summed E-state index contributed by atoms with van der Waals surface area (Å²) < 4.78 is 10.3. The van der Waals surface area contributed by atoms with Gasteiger partial charge < -0.3 is 20.0 Å². The van der Waals surface area contributed by atoms with Gasteiger partial charge in [0, 0.05) is 19.9 Å². The number of hydrogen-bond acceptors (Lipinski definition) is 6. The molecule has 2 heterocycles. The van der Waals surface area contributed by atoms with Gasteiger partial charge in [0.05, 0.1) is 18.0 Å². The Morgan fingerprint density at radius 2 is 2.16 bits per heavy atom. The largest absolute Gasteiger partial charge is 0.461 e. The maximum Gasteiger partial charge on any atom is 0.277 e. The minimum atomic E-state index is -0.416. The SMILES string of the molecule is CC.N/C=C(\C=NC1CCCC1)NC(=O)c1cc(-c2ccco2)on1.[HH]. The van der Waals surface area contributed by atoms with E-state index in [0.717, 1.165) is 12.8 Å². The molecule has 25 heavy (non-hydrogen) atoms. The molecule has 0 aromatic carbocycles. The summed E-state index contributed by atoms with van der Waals surface area (Å²) in [5.41, 5.74) is 6.12. The number of furan rings is 1. The number of amides is 1. The molecule has 3 N–H and O–H groups in total. The number of rotatable bonds is 5. The topological polar surface area (TPSA) is 107 Å². The molecular formula is C18H26N4O3. The van der Waals surface area contributed by atoms with Gasteiger partial charge in [-0.1, -0.05) is 31.8 Å². The van der Waals surface area contributed by atoms with E-state index < -0.39 is 5.91 Å². The van der Waals surface area contributed by atoms with Crippen LogP contribution in [0.1, 0.15) is 51.4 Å². The summed E-state index contributed by atoms with van der Waals surface area (Å²) in [7, 11) is 0. The molecule has 0 aliphatic heterocycles. The van der Waals surface area contributed by atoms with Crippen LogP contribution in [0.15, 0.2) is 50.3 Å². The second-order valence-electron chi connectivity index (χ2n) is 5.35. The van der Waals surface area contributed by atoms with Crippen LogP contribution in [0, 0.1) is 0 Å². The van der Waals surface area contributed by atoms with Gasteiger partial charge in [-0.15, -0.1) is 0 Å². The summed E-state index contributed by atoms with van der Waals surface area (Å²) in [4.78, 5) is 16.6. The molecule has 0 saturated heterocycles. The van der Waals surface area contributed by atoms with Gasteiger partial charge >= 0.3 is 0 Å². The fourth-order valence-corrected chi connectivity index (χ4v) is 2.47. The highest BCUT2D eigenvalue weighted by Crippen LogP contribution is 2.21. The van der Waals surface area contributed by atoms with Crippen molar-refractivity contribution in [2.45, 2.75) is 45.6 Å². The lowest BCUT2D eigenvalue weighted by Crippen LogP contribution is -2.25. The lowest BCUT2D eigenvalue weighted by Gasteiger charge is -2.04. The number of nitrogens with zero attached hydrogens (tertiary/aromatic N) is 2. The fourth-order valence-electron chi connectivity index (χ4n) is 2.47. The number of aliphatic imine (C=N–C) groups is 1. The summed E-state index contributed by atoms with van der Waals surface area (Å²) in [5.74, 6) is 0.480. The molecule has 0 bridgehead atoms. The first kappa shape index (κ1) is 18.5. The van der Waals surface area contributed by atoms with E-state index in [1.807, 2.05) is 13.8 Å². The summed E-state index contributed by atoms with van der Waals surface area (Å²) >= 11 is 0. The van der Waals surface area contributed by atoms with Gasteiger partial charge in [0.2, 0.25) is 5.76 Å². The Morgan fingerprint density at radius 1 is 1.40 bits per heavy atom. The Labute approximate surface area is 148 Å². The van der Waals surface area contributed by atoms with E-state index in [4.69, 9.17) is 14.7 Å². The monoisotopic (exact) mass is 346 g/mol. The summed E-state index contributed by atoms with van der Waals surface area (Å²) in [5, 5.41) is 6.40. The molecule has 1 fully saturated rings. The van der Waals surface area contributed by atoms with Crippen molar-refractivity contribution in [1.29, 1.82) is 0 Å². The molecule has 1 aliphatic rings. The zero-order valence-electron chi connectivity index (χ0n) is 14.6. The third-order valence-electron chi connectivity index (χ3n) is 3.69. The first-order valence-electron chi connectivity index (χ1n) is 8.53. The Bertz CT molecular complexity index is 717. The maximum absolute atomic E-state index is 12.2. The standard InChI is InChI=1S/C16H18N4O3.C2H6.H2/c17-9-12(10-18-11-4-1-2-5-11)19-16(21)13-8-15(23-20-13)14-6-3-7-22-14;1-2;/h3,6-11H,1-2,4-5,17H2,(H,19,21);1-2H3;1H/b12-9+,18-10?;;. The normalized spacial score (nSPS) is 15.2. The van der Waals surface area contributed by atoms with E-state index in [1.165, 1.54) is 31.4 Å². The van der Waals surface area contributed by atoms with Crippen LogP contribution in [0.25, 0.3) is 11.5 Å². The third kappa shape index (κ3) is 5.07. The molecule has 2 aromatic rings. The molecule has 3 rings (SSSR count). The van der Waals surface area contributed by atoms with Gasteiger partial charge in [-0.05, 0) is 25.0 Å². The van der Waals surface area contributed by atoms with Crippen molar-refractivity contribution >= 4 is 12.1 Å². The van der Waals surface area contributed by atoms with Crippen molar-refractivity contribution < 1.29 is 15.2 Å². The molecule has 0 atom stereocenters. The van der Waals surface area contributed by atoms with Crippen molar-refractivity contribution in [1.82, 2.24) is 10.5 Å². The van der Waals surface area contributed by atoms with Crippen molar-refractivity contribution in [3.8, 4) is 11.5 Å². The van der Waals surface area contributed by atoms with Crippen LogP contribution in [0.5, 0.6) is 0 Å². The van der Waals surface area contributed by atoms with Gasteiger partial charge in [-0.2, -0.15) is 0 Å². The Hall–Kier alpha value is -2.83. The van der Waals surface area contributed by atoms with Gasteiger partial charge in [0.15, 0.2) is 11.5 Å². The fraction of sp³-hybridized carbons (Fsp3) is 0.389. The number of hydrogen-bond donors (Lipinski definition) is 2. The number of nitrogens with two attached hydrogens (primary N) is 1. The lowest BCUT2D eigenvalue weighted by atomic mass is 10.3. The molecule has 1 aliphatic carbocycles. The Morgan fingerprint density at radius 3 is 2.80 bits per heavy atom. The summed E-state index contributed by atoms with van der Waals surface area (Å²) in [6, 6.07) is 5.28. The highest BCUT2D eigenvalue weighted by atomic mass is 16.5. The molecular weight excluding hydrogens is 320 g/mol. The molecule has 7 heteroatoms. The van der Waals surface area contributed by atoms with E-state index in [-0.39, 0.29) is 7.12 Å². The van der Waals surface area contributed by atoms with Crippen molar-refractivity contribution in [2.75, 3.05) is 0 Å². The van der Waals surface area contributed by atoms with E-state index in [9.17, 15) is 4.79 Å². The molecule has 0 spiro atoms. The highest BCUT2D eigenvalue weighted by molar-refractivity contribution is 5.97. The quantitative estimate of drug-likeness (QED) is 0.802. The maximum atomic E-state index is 12.2. The van der Waals surface area contributed by atoms with Crippen molar-refractivity contribution in [3.63, 3.8) is 0 Å². The van der Waals surface area contributed by atoms with Crippen LogP contribution >= 0.6 is 0 Å². The van der Waals surface area contributed by atoms with Gasteiger partial charge in [0.1, 0.15) is 0 Å². The smallest absolute Gasteiger partial charge is 0.277 e. The molecule has 2 aromatic heterocycles. The average molecular weight is 346 g/mol. The van der Waals surface area contributed by atoms with E-state index >= 15 is 0 Å². The Balaban J connectivity index is 0.00000109. The molecule has 136 valence electrons. The van der Waals surface area contributed by atoms with E-state index in [1.54, 1.807) is 18.3 Å².